The summed E-state index contributed by atoms with van der Waals surface area (Å²) >= 11 is 0. The molecule has 0 heterocycles. The highest BCUT2D eigenvalue weighted by Gasteiger charge is 2.09. The highest BCUT2D eigenvalue weighted by atomic mass is 16.5. The van der Waals surface area contributed by atoms with Gasteiger partial charge in [0.2, 0.25) is 0 Å². The minimum absolute atomic E-state index is 0.164. The zero-order valence-corrected chi connectivity index (χ0v) is 6.66. The van der Waals surface area contributed by atoms with Gasteiger partial charge in [-0.2, -0.15) is 0 Å². The molecule has 0 bridgehead atoms. The molecule has 0 aliphatic rings. The standard InChI is InChI=1S/C6H13NO4/c1-10-4-5(3-8)7-6(9)11-2/h5,8H,3-4H2,1-2H3,(H,7,9)/t5-/m1/s1. The second-order valence-electron chi connectivity index (χ2n) is 1.97. The van der Waals surface area contributed by atoms with Gasteiger partial charge in [0.05, 0.1) is 26.4 Å². The molecule has 0 aromatic rings. The molecular formula is C6H13NO4. The number of rotatable bonds is 4. The van der Waals surface area contributed by atoms with Crippen molar-refractivity contribution in [1.29, 1.82) is 0 Å². The topological polar surface area (TPSA) is 67.8 Å². The largest absolute Gasteiger partial charge is 0.453 e. The maximum atomic E-state index is 10.6. The summed E-state index contributed by atoms with van der Waals surface area (Å²) in [4.78, 5) is 10.6. The molecule has 5 nitrogen and oxygen atoms in total. The SMILES string of the molecule is COC[C@@H](CO)NC(=O)OC. The van der Waals surface area contributed by atoms with Crippen LogP contribution < -0.4 is 5.32 Å². The first-order valence-electron chi connectivity index (χ1n) is 3.18. The van der Waals surface area contributed by atoms with E-state index in [9.17, 15) is 4.79 Å². The van der Waals surface area contributed by atoms with Gasteiger partial charge in [0, 0.05) is 7.11 Å². The Morgan fingerprint density at radius 2 is 2.27 bits per heavy atom. The van der Waals surface area contributed by atoms with Crippen molar-refractivity contribution in [3.05, 3.63) is 0 Å². The van der Waals surface area contributed by atoms with Gasteiger partial charge in [-0.05, 0) is 0 Å². The van der Waals surface area contributed by atoms with Crippen LogP contribution in [0.3, 0.4) is 0 Å². The maximum absolute atomic E-state index is 10.6. The average molecular weight is 163 g/mol. The fourth-order valence-corrected chi connectivity index (χ4v) is 0.567. The fraction of sp³-hybridized carbons (Fsp3) is 0.833. The molecule has 0 unspecified atom stereocenters. The zero-order valence-electron chi connectivity index (χ0n) is 6.66. The summed E-state index contributed by atoms with van der Waals surface area (Å²) in [5.74, 6) is 0. The predicted octanol–water partition coefficient (Wildman–Crippen LogP) is -0.650. The van der Waals surface area contributed by atoms with Crippen LogP contribution in [0.15, 0.2) is 0 Å². The first-order chi connectivity index (χ1) is 5.24. The van der Waals surface area contributed by atoms with Crippen LogP contribution in [0.4, 0.5) is 4.79 Å². The van der Waals surface area contributed by atoms with Crippen LogP contribution >= 0.6 is 0 Å². The minimum Gasteiger partial charge on any atom is -0.453 e. The normalized spacial score (nSPS) is 12.3. The zero-order chi connectivity index (χ0) is 8.69. The van der Waals surface area contributed by atoms with Crippen LogP contribution in [0.25, 0.3) is 0 Å². The number of carbonyl (C=O) groups excluding carboxylic acids is 1. The van der Waals surface area contributed by atoms with E-state index in [4.69, 9.17) is 9.84 Å². The highest BCUT2D eigenvalue weighted by Crippen LogP contribution is 1.84. The first kappa shape index (κ1) is 10.2. The number of aliphatic hydroxyl groups is 1. The van der Waals surface area contributed by atoms with Crippen LogP contribution in [0.1, 0.15) is 0 Å². The van der Waals surface area contributed by atoms with E-state index >= 15 is 0 Å². The predicted molar refractivity (Wildman–Crippen MR) is 38.3 cm³/mol. The molecule has 5 heteroatoms. The van der Waals surface area contributed by atoms with E-state index in [1.54, 1.807) is 0 Å². The Kier molecular flexibility index (Phi) is 5.50. The third-order valence-electron chi connectivity index (χ3n) is 1.10. The molecule has 11 heavy (non-hydrogen) atoms. The quantitative estimate of drug-likeness (QED) is 0.578. The van der Waals surface area contributed by atoms with Crippen LogP contribution in [0.2, 0.25) is 0 Å². The smallest absolute Gasteiger partial charge is 0.407 e. The summed E-state index contributed by atoms with van der Waals surface area (Å²) in [6.07, 6.45) is -0.568. The summed E-state index contributed by atoms with van der Waals surface area (Å²) < 4.78 is 9.02. The number of alkyl carbamates (subject to hydrolysis) is 1. The lowest BCUT2D eigenvalue weighted by atomic mass is 10.3. The molecule has 0 saturated heterocycles. The Labute approximate surface area is 65.3 Å². The van der Waals surface area contributed by atoms with Crippen molar-refractivity contribution >= 4 is 6.09 Å². The lowest BCUT2D eigenvalue weighted by molar-refractivity contribution is 0.115. The van der Waals surface area contributed by atoms with Crippen LogP contribution in [-0.4, -0.2) is 44.7 Å². The van der Waals surface area contributed by atoms with Crippen LogP contribution in [0.5, 0.6) is 0 Å². The summed E-state index contributed by atoms with van der Waals surface area (Å²) in [6, 6.07) is -0.396. The Hall–Kier alpha value is -0.810. The number of hydrogen-bond donors (Lipinski definition) is 2. The van der Waals surface area contributed by atoms with Gasteiger partial charge >= 0.3 is 6.09 Å². The van der Waals surface area contributed by atoms with Gasteiger partial charge in [-0.3, -0.25) is 0 Å². The second kappa shape index (κ2) is 5.94. The molecule has 2 N–H and O–H groups in total. The molecule has 1 atom stereocenters. The number of hydrogen-bond acceptors (Lipinski definition) is 4. The highest BCUT2D eigenvalue weighted by molar-refractivity contribution is 5.67. The molecule has 0 rings (SSSR count). The molecule has 66 valence electrons. The number of ether oxygens (including phenoxy) is 2. The molecule has 0 aliphatic heterocycles. The molecule has 0 fully saturated rings. The van der Waals surface area contributed by atoms with Crippen molar-refractivity contribution in [2.45, 2.75) is 6.04 Å². The third kappa shape index (κ3) is 4.58. The fourth-order valence-electron chi connectivity index (χ4n) is 0.567. The van der Waals surface area contributed by atoms with Gasteiger partial charge in [-0.1, -0.05) is 0 Å². The lowest BCUT2D eigenvalue weighted by Crippen LogP contribution is -2.40. The molecule has 0 radical (unpaired) electrons. The lowest BCUT2D eigenvalue weighted by Gasteiger charge is -2.13. The van der Waals surface area contributed by atoms with Crippen molar-refractivity contribution in [3.63, 3.8) is 0 Å². The number of aliphatic hydroxyl groups excluding tert-OH is 1. The van der Waals surface area contributed by atoms with Gasteiger partial charge in [0.25, 0.3) is 0 Å². The Balaban J connectivity index is 3.58. The van der Waals surface area contributed by atoms with E-state index in [1.165, 1.54) is 14.2 Å². The van der Waals surface area contributed by atoms with Crippen molar-refractivity contribution in [2.24, 2.45) is 0 Å². The number of nitrogens with one attached hydrogen (secondary N) is 1. The second-order valence-corrected chi connectivity index (χ2v) is 1.97. The monoisotopic (exact) mass is 163 g/mol. The summed E-state index contributed by atoms with van der Waals surface area (Å²) in [5, 5.41) is 11.0. The van der Waals surface area contributed by atoms with E-state index < -0.39 is 12.1 Å². The van der Waals surface area contributed by atoms with Crippen molar-refractivity contribution in [2.75, 3.05) is 27.4 Å². The summed E-state index contributed by atoms with van der Waals surface area (Å²) in [7, 11) is 2.75. The van der Waals surface area contributed by atoms with Crippen molar-refractivity contribution in [1.82, 2.24) is 5.32 Å². The molecule has 1 amide bonds. The molecule has 0 saturated carbocycles. The third-order valence-corrected chi connectivity index (χ3v) is 1.10. The first-order valence-corrected chi connectivity index (χ1v) is 3.18. The van der Waals surface area contributed by atoms with Crippen molar-refractivity contribution < 1.29 is 19.4 Å². The van der Waals surface area contributed by atoms with E-state index in [1.807, 2.05) is 0 Å². The summed E-state index contributed by atoms with van der Waals surface area (Å²) in [5.41, 5.74) is 0. The minimum atomic E-state index is -0.568. The van der Waals surface area contributed by atoms with E-state index in [0.717, 1.165) is 0 Å². The van der Waals surface area contributed by atoms with Gasteiger partial charge in [0.1, 0.15) is 0 Å². The van der Waals surface area contributed by atoms with Crippen LogP contribution in [0, 0.1) is 0 Å². The number of carbonyl (C=O) groups is 1. The molecular weight excluding hydrogens is 150 g/mol. The average Bonchev–Trinajstić information content (AvgIpc) is 2.03. The Bertz CT molecular complexity index is 117. The summed E-state index contributed by atoms with van der Waals surface area (Å²) in [6.45, 7) is 0.106. The molecule has 0 spiro atoms. The van der Waals surface area contributed by atoms with Crippen LogP contribution in [-0.2, 0) is 9.47 Å². The van der Waals surface area contributed by atoms with E-state index in [-0.39, 0.29) is 13.2 Å². The van der Waals surface area contributed by atoms with Crippen molar-refractivity contribution in [3.8, 4) is 0 Å². The number of amides is 1. The maximum Gasteiger partial charge on any atom is 0.407 e. The van der Waals surface area contributed by atoms with Gasteiger partial charge < -0.3 is 19.9 Å². The van der Waals surface area contributed by atoms with Gasteiger partial charge in [-0.15, -0.1) is 0 Å². The molecule has 0 aromatic heterocycles. The van der Waals surface area contributed by atoms with E-state index in [0.29, 0.717) is 0 Å². The Morgan fingerprint density at radius 3 is 2.64 bits per heavy atom. The molecule has 0 aromatic carbocycles. The number of methoxy groups -OCH3 is 2. The van der Waals surface area contributed by atoms with Gasteiger partial charge in [-0.25, -0.2) is 4.79 Å². The molecule has 0 aliphatic carbocycles. The van der Waals surface area contributed by atoms with E-state index in [2.05, 4.69) is 10.1 Å². The Morgan fingerprint density at radius 1 is 1.64 bits per heavy atom. The van der Waals surface area contributed by atoms with Gasteiger partial charge in [0.15, 0.2) is 0 Å².